The smallest absolute Gasteiger partial charge is 0.326 e. The van der Waals surface area contributed by atoms with E-state index in [0.717, 1.165) is 11.1 Å². The molecule has 0 saturated heterocycles. The van der Waals surface area contributed by atoms with Gasteiger partial charge in [0.05, 0.1) is 7.11 Å². The van der Waals surface area contributed by atoms with Crippen molar-refractivity contribution in [3.8, 4) is 5.75 Å². The van der Waals surface area contributed by atoms with Crippen molar-refractivity contribution in [2.75, 3.05) is 7.11 Å². The number of carbonyl (C=O) groups excluding carboxylic acids is 1. The van der Waals surface area contributed by atoms with Crippen LogP contribution in [0.1, 0.15) is 11.1 Å². The van der Waals surface area contributed by atoms with E-state index < -0.39 is 18.0 Å². The summed E-state index contributed by atoms with van der Waals surface area (Å²) >= 11 is 0. The highest BCUT2D eigenvalue weighted by molar-refractivity contribution is 5.82. The second-order valence-electron chi connectivity index (χ2n) is 5.22. The molecule has 1 atom stereocenters. The van der Waals surface area contributed by atoms with Gasteiger partial charge in [-0.05, 0) is 11.6 Å². The molecule has 0 saturated carbocycles. The van der Waals surface area contributed by atoms with Gasteiger partial charge < -0.3 is 20.5 Å². The summed E-state index contributed by atoms with van der Waals surface area (Å²) < 4.78 is 5.21. The highest BCUT2D eigenvalue weighted by Crippen LogP contribution is 2.16. The van der Waals surface area contributed by atoms with Crippen LogP contribution in [0, 0.1) is 0 Å². The van der Waals surface area contributed by atoms with Gasteiger partial charge >= 0.3 is 12.0 Å². The lowest BCUT2D eigenvalue weighted by Crippen LogP contribution is -2.46. The number of benzene rings is 2. The van der Waals surface area contributed by atoms with Gasteiger partial charge in [-0.2, -0.15) is 0 Å². The minimum atomic E-state index is -1.08. The van der Waals surface area contributed by atoms with Gasteiger partial charge in [-0.1, -0.05) is 48.5 Å². The summed E-state index contributed by atoms with van der Waals surface area (Å²) in [5.74, 6) is -0.414. The third-order valence-electron chi connectivity index (χ3n) is 3.52. The van der Waals surface area contributed by atoms with Crippen LogP contribution in [0.4, 0.5) is 4.79 Å². The van der Waals surface area contributed by atoms with Gasteiger partial charge in [-0.3, -0.25) is 0 Å². The number of amides is 2. The van der Waals surface area contributed by atoms with E-state index in [0.29, 0.717) is 5.75 Å². The zero-order chi connectivity index (χ0) is 17.4. The first kappa shape index (κ1) is 17.3. The molecule has 2 aromatic carbocycles. The third kappa shape index (κ3) is 5.01. The molecule has 0 heterocycles. The van der Waals surface area contributed by atoms with Crippen LogP contribution in [0.2, 0.25) is 0 Å². The largest absolute Gasteiger partial charge is 0.496 e. The Morgan fingerprint density at radius 1 is 1.08 bits per heavy atom. The van der Waals surface area contributed by atoms with Crippen molar-refractivity contribution in [3.63, 3.8) is 0 Å². The van der Waals surface area contributed by atoms with Crippen molar-refractivity contribution in [2.24, 2.45) is 0 Å². The van der Waals surface area contributed by atoms with E-state index in [2.05, 4.69) is 10.6 Å². The van der Waals surface area contributed by atoms with Crippen LogP contribution in [0.25, 0.3) is 0 Å². The second kappa shape index (κ2) is 8.57. The number of urea groups is 1. The average molecular weight is 328 g/mol. The van der Waals surface area contributed by atoms with Crippen LogP contribution >= 0.6 is 0 Å². The molecule has 2 amide bonds. The maximum Gasteiger partial charge on any atom is 0.326 e. The van der Waals surface area contributed by atoms with E-state index in [4.69, 9.17) is 4.74 Å². The highest BCUT2D eigenvalue weighted by Gasteiger charge is 2.20. The Morgan fingerprint density at radius 2 is 1.75 bits per heavy atom. The molecule has 0 aliphatic carbocycles. The Morgan fingerprint density at radius 3 is 2.42 bits per heavy atom. The van der Waals surface area contributed by atoms with E-state index in [-0.39, 0.29) is 13.0 Å². The second-order valence-corrected chi connectivity index (χ2v) is 5.22. The summed E-state index contributed by atoms with van der Waals surface area (Å²) in [5, 5.41) is 14.4. The monoisotopic (exact) mass is 328 g/mol. The Bertz CT molecular complexity index is 688. The number of hydrogen-bond acceptors (Lipinski definition) is 3. The summed E-state index contributed by atoms with van der Waals surface area (Å²) in [7, 11) is 1.55. The number of nitrogens with one attached hydrogen (secondary N) is 2. The van der Waals surface area contributed by atoms with Crippen molar-refractivity contribution in [2.45, 2.75) is 19.0 Å². The summed E-state index contributed by atoms with van der Waals surface area (Å²) in [6.45, 7) is 0.244. The van der Waals surface area contributed by atoms with E-state index in [9.17, 15) is 14.7 Å². The van der Waals surface area contributed by atoms with E-state index in [1.54, 1.807) is 13.2 Å². The predicted molar refractivity (Wildman–Crippen MR) is 89.9 cm³/mol. The quantitative estimate of drug-likeness (QED) is 0.727. The molecule has 0 spiro atoms. The fourth-order valence-electron chi connectivity index (χ4n) is 2.28. The number of para-hydroxylation sites is 1. The van der Waals surface area contributed by atoms with Gasteiger partial charge in [0.15, 0.2) is 0 Å². The highest BCUT2D eigenvalue weighted by atomic mass is 16.5. The molecule has 3 N–H and O–H groups in total. The third-order valence-corrected chi connectivity index (χ3v) is 3.52. The predicted octanol–water partition coefficient (Wildman–Crippen LogP) is 2.19. The molecular formula is C18H20N2O4. The Kier molecular flexibility index (Phi) is 6.19. The van der Waals surface area contributed by atoms with Gasteiger partial charge in [-0.25, -0.2) is 9.59 Å². The van der Waals surface area contributed by atoms with Crippen molar-refractivity contribution in [1.29, 1.82) is 0 Å². The molecule has 6 nitrogen and oxygen atoms in total. The number of carbonyl (C=O) groups is 2. The summed E-state index contributed by atoms with van der Waals surface area (Å²) in [6, 6.07) is 14.9. The number of aliphatic carboxylic acids is 1. The first-order valence-electron chi connectivity index (χ1n) is 7.53. The van der Waals surface area contributed by atoms with Crippen molar-refractivity contribution in [3.05, 3.63) is 65.7 Å². The standard InChI is InChI=1S/C18H20N2O4/c1-24-16-10-6-5-9-14(16)12-19-18(23)20-15(17(21)22)11-13-7-3-2-4-8-13/h2-10,15H,11-12H2,1H3,(H,21,22)(H2,19,20,23)/t15-/m0/s1. The number of rotatable bonds is 7. The molecule has 6 heteroatoms. The lowest BCUT2D eigenvalue weighted by atomic mass is 10.1. The fraction of sp³-hybridized carbons (Fsp3) is 0.222. The molecular weight excluding hydrogens is 308 g/mol. The lowest BCUT2D eigenvalue weighted by molar-refractivity contribution is -0.139. The van der Waals surface area contributed by atoms with Gasteiger partial charge in [0.25, 0.3) is 0 Å². The number of carboxylic acid groups (broad SMARTS) is 1. The molecule has 2 rings (SSSR count). The molecule has 0 aromatic heterocycles. The zero-order valence-electron chi connectivity index (χ0n) is 13.4. The maximum atomic E-state index is 12.0. The van der Waals surface area contributed by atoms with Crippen LogP contribution in [-0.4, -0.2) is 30.3 Å². The van der Waals surface area contributed by atoms with Gasteiger partial charge in [0.2, 0.25) is 0 Å². The number of carboxylic acids is 1. The molecule has 0 bridgehead atoms. The van der Waals surface area contributed by atoms with E-state index in [1.807, 2.05) is 48.5 Å². The van der Waals surface area contributed by atoms with Crippen molar-refractivity contribution < 1.29 is 19.4 Å². The molecule has 0 aliphatic rings. The summed E-state index contributed by atoms with van der Waals surface area (Å²) in [6.07, 6.45) is 0.220. The molecule has 126 valence electrons. The van der Waals surface area contributed by atoms with Crippen LogP contribution in [0.5, 0.6) is 5.75 Å². The van der Waals surface area contributed by atoms with Gasteiger partial charge in [0, 0.05) is 18.5 Å². The number of hydrogen-bond donors (Lipinski definition) is 3. The fourth-order valence-corrected chi connectivity index (χ4v) is 2.28. The molecule has 2 aromatic rings. The average Bonchev–Trinajstić information content (AvgIpc) is 2.60. The first-order valence-corrected chi connectivity index (χ1v) is 7.53. The molecule has 0 aliphatic heterocycles. The van der Waals surface area contributed by atoms with Crippen LogP contribution in [0.3, 0.4) is 0 Å². The SMILES string of the molecule is COc1ccccc1CNC(=O)N[C@@H](Cc1ccccc1)C(=O)O. The van der Waals surface area contributed by atoms with Crippen molar-refractivity contribution >= 4 is 12.0 Å². The molecule has 24 heavy (non-hydrogen) atoms. The lowest BCUT2D eigenvalue weighted by Gasteiger charge is -2.16. The summed E-state index contributed by atoms with van der Waals surface area (Å²) in [4.78, 5) is 23.3. The van der Waals surface area contributed by atoms with Crippen LogP contribution in [-0.2, 0) is 17.8 Å². The van der Waals surface area contributed by atoms with E-state index >= 15 is 0 Å². The topological polar surface area (TPSA) is 87.7 Å². The summed E-state index contributed by atoms with van der Waals surface area (Å²) in [5.41, 5.74) is 1.65. The van der Waals surface area contributed by atoms with E-state index in [1.165, 1.54) is 0 Å². The normalized spacial score (nSPS) is 11.4. The number of methoxy groups -OCH3 is 1. The Hall–Kier alpha value is -3.02. The zero-order valence-corrected chi connectivity index (χ0v) is 13.4. The first-order chi connectivity index (χ1) is 11.6. The van der Waals surface area contributed by atoms with Crippen LogP contribution in [0.15, 0.2) is 54.6 Å². The van der Waals surface area contributed by atoms with Crippen LogP contribution < -0.4 is 15.4 Å². The molecule has 0 fully saturated rings. The Labute approximate surface area is 140 Å². The molecule has 0 unspecified atom stereocenters. The van der Waals surface area contributed by atoms with Gasteiger partial charge in [0.1, 0.15) is 11.8 Å². The number of ether oxygens (including phenoxy) is 1. The minimum Gasteiger partial charge on any atom is -0.496 e. The van der Waals surface area contributed by atoms with Crippen molar-refractivity contribution in [1.82, 2.24) is 10.6 Å². The maximum absolute atomic E-state index is 12.0. The van der Waals surface area contributed by atoms with Gasteiger partial charge in [-0.15, -0.1) is 0 Å². The molecule has 0 radical (unpaired) electrons. The minimum absolute atomic E-state index is 0.220. The Balaban J connectivity index is 1.92.